The molecule has 0 aromatic heterocycles. The van der Waals surface area contributed by atoms with E-state index >= 15 is 0 Å². The maximum Gasteiger partial charge on any atom is 0.255 e. The molecule has 4 aromatic rings. The van der Waals surface area contributed by atoms with E-state index in [1.807, 2.05) is 23.1 Å². The highest BCUT2D eigenvalue weighted by atomic mass is 16.5. The quantitative estimate of drug-likeness (QED) is 0.237. The smallest absolute Gasteiger partial charge is 0.255 e. The van der Waals surface area contributed by atoms with Crippen molar-refractivity contribution in [3.8, 4) is 11.5 Å². The van der Waals surface area contributed by atoms with Crippen LogP contribution in [0.4, 0.5) is 11.4 Å². The van der Waals surface area contributed by atoms with Crippen molar-refractivity contribution in [2.45, 2.75) is 62.2 Å². The van der Waals surface area contributed by atoms with E-state index in [-0.39, 0.29) is 48.7 Å². The van der Waals surface area contributed by atoms with Gasteiger partial charge in [-0.3, -0.25) is 29.4 Å². The summed E-state index contributed by atoms with van der Waals surface area (Å²) < 4.78 is 6.34. The average molecular weight is 767 g/mol. The predicted octanol–water partition coefficient (Wildman–Crippen LogP) is 4.22. The molecule has 1 unspecified atom stereocenters. The van der Waals surface area contributed by atoms with Crippen molar-refractivity contribution in [3.05, 3.63) is 118 Å². The number of rotatable bonds is 7. The number of hydrogen-bond acceptors (Lipinski definition) is 9. The molecule has 5 aliphatic heterocycles. The number of amides is 4. The molecule has 4 atom stereocenters. The maximum atomic E-state index is 13.4. The molecule has 3 fully saturated rings. The predicted molar refractivity (Wildman–Crippen MR) is 213 cm³/mol. The monoisotopic (exact) mass is 766 g/mol. The van der Waals surface area contributed by atoms with E-state index in [1.54, 1.807) is 11.0 Å². The van der Waals surface area contributed by atoms with Crippen LogP contribution in [0.2, 0.25) is 0 Å². The number of piperidine rings is 1. The first-order chi connectivity index (χ1) is 27.8. The minimum Gasteiger partial charge on any atom is -0.508 e. The molecule has 4 amide bonds. The summed E-state index contributed by atoms with van der Waals surface area (Å²) in [7, 11) is 0. The average Bonchev–Trinajstić information content (AvgIpc) is 3.54. The lowest BCUT2D eigenvalue weighted by atomic mass is 9.69. The zero-order valence-corrected chi connectivity index (χ0v) is 31.7. The van der Waals surface area contributed by atoms with Gasteiger partial charge in [0, 0.05) is 61.9 Å². The van der Waals surface area contributed by atoms with Gasteiger partial charge in [0.25, 0.3) is 5.91 Å². The molecule has 4 aromatic carbocycles. The van der Waals surface area contributed by atoms with Crippen LogP contribution in [0.1, 0.15) is 69.3 Å². The van der Waals surface area contributed by atoms with Crippen molar-refractivity contribution in [2.24, 2.45) is 0 Å². The number of ether oxygens (including phenoxy) is 1. The Kier molecular flexibility index (Phi) is 8.88. The summed E-state index contributed by atoms with van der Waals surface area (Å²) in [5.41, 5.74) is 8.43. The number of imide groups is 1. The third-order valence-electron chi connectivity index (χ3n) is 13.0. The van der Waals surface area contributed by atoms with E-state index in [4.69, 9.17) is 4.74 Å². The number of nitrogens with one attached hydrogen (secondary N) is 2. The van der Waals surface area contributed by atoms with E-state index < -0.39 is 11.9 Å². The lowest BCUT2D eigenvalue weighted by molar-refractivity contribution is -0.137. The fourth-order valence-corrected chi connectivity index (χ4v) is 10.1. The van der Waals surface area contributed by atoms with Gasteiger partial charge in [0.05, 0.1) is 30.9 Å². The van der Waals surface area contributed by atoms with Gasteiger partial charge in [0.1, 0.15) is 24.1 Å². The van der Waals surface area contributed by atoms with Crippen molar-refractivity contribution in [1.82, 2.24) is 20.0 Å². The lowest BCUT2D eigenvalue weighted by Gasteiger charge is -2.47. The molecule has 0 bridgehead atoms. The van der Waals surface area contributed by atoms with Gasteiger partial charge in [-0.25, -0.2) is 0 Å². The molecule has 12 nitrogen and oxygen atoms in total. The highest BCUT2D eigenvalue weighted by molar-refractivity contribution is 6.06. The van der Waals surface area contributed by atoms with Crippen LogP contribution in [0, 0.1) is 0 Å². The third-order valence-corrected chi connectivity index (χ3v) is 13.0. The fraction of sp³-hybridized carbons (Fsp3) is 0.378. The first kappa shape index (κ1) is 35.5. The first-order valence-electron chi connectivity index (χ1n) is 20.2. The molecule has 10 rings (SSSR count). The third kappa shape index (κ3) is 6.45. The van der Waals surface area contributed by atoms with Crippen LogP contribution in [-0.2, 0) is 27.3 Å². The summed E-state index contributed by atoms with van der Waals surface area (Å²) in [4.78, 5) is 59.0. The second kappa shape index (κ2) is 14.3. The number of phenolic OH excluding ortho intramolecular Hbond substituents is 1. The number of nitrogens with zero attached hydrogens (tertiary/aromatic N) is 4. The number of carbonyl (C=O) groups is 4. The zero-order chi connectivity index (χ0) is 38.8. The van der Waals surface area contributed by atoms with Crippen LogP contribution in [0.25, 0.3) is 0 Å². The largest absolute Gasteiger partial charge is 0.508 e. The van der Waals surface area contributed by atoms with Crippen molar-refractivity contribution in [2.75, 3.05) is 56.1 Å². The second-order valence-corrected chi connectivity index (χ2v) is 16.4. The van der Waals surface area contributed by atoms with Gasteiger partial charge >= 0.3 is 0 Å². The molecule has 0 radical (unpaired) electrons. The molecule has 0 saturated carbocycles. The molecule has 0 spiro atoms. The summed E-state index contributed by atoms with van der Waals surface area (Å²) in [5, 5.41) is 16.2. The number of piperazine rings is 1. The van der Waals surface area contributed by atoms with Gasteiger partial charge in [-0.15, -0.1) is 0 Å². The topological polar surface area (TPSA) is 135 Å². The van der Waals surface area contributed by atoms with Crippen molar-refractivity contribution < 1.29 is 29.0 Å². The van der Waals surface area contributed by atoms with E-state index in [0.717, 1.165) is 42.9 Å². The number of benzene rings is 4. The number of aryl methyl sites for hydroxylation is 1. The van der Waals surface area contributed by atoms with E-state index in [2.05, 4.69) is 81.1 Å². The Morgan fingerprint density at radius 1 is 0.860 bits per heavy atom. The summed E-state index contributed by atoms with van der Waals surface area (Å²) in [5.74, 6) is 0.756. The molecule has 1 aliphatic carbocycles. The number of aromatic hydroxyl groups is 1. The van der Waals surface area contributed by atoms with Crippen LogP contribution < -0.4 is 20.3 Å². The van der Waals surface area contributed by atoms with E-state index in [9.17, 15) is 24.3 Å². The number of fused-ring (bicyclic) bond motifs is 6. The Bertz CT molecular complexity index is 2260. The summed E-state index contributed by atoms with van der Waals surface area (Å²) in [6.45, 7) is 4.57. The van der Waals surface area contributed by atoms with Crippen LogP contribution >= 0.6 is 0 Å². The highest BCUT2D eigenvalue weighted by Crippen LogP contribution is 2.47. The van der Waals surface area contributed by atoms with Crippen LogP contribution in [0.5, 0.6) is 11.5 Å². The Morgan fingerprint density at radius 2 is 1.68 bits per heavy atom. The minimum atomic E-state index is -0.670. The van der Waals surface area contributed by atoms with Gasteiger partial charge < -0.3 is 29.9 Å². The zero-order valence-electron chi connectivity index (χ0n) is 31.7. The minimum absolute atomic E-state index is 0.0754. The van der Waals surface area contributed by atoms with Gasteiger partial charge in [-0.2, -0.15) is 0 Å². The van der Waals surface area contributed by atoms with Crippen molar-refractivity contribution in [3.63, 3.8) is 0 Å². The molecule has 57 heavy (non-hydrogen) atoms. The highest BCUT2D eigenvalue weighted by Gasteiger charge is 2.43. The van der Waals surface area contributed by atoms with E-state index in [1.165, 1.54) is 22.3 Å². The summed E-state index contributed by atoms with van der Waals surface area (Å²) in [6.07, 6.45) is 2.50. The molecule has 3 N–H and O–H groups in total. The number of likely N-dealkylation sites (tertiary alicyclic amines) is 1. The Balaban J connectivity index is 0.733. The number of anilines is 2. The lowest BCUT2D eigenvalue weighted by Crippen LogP contribution is -2.62. The van der Waals surface area contributed by atoms with Crippen LogP contribution in [0.3, 0.4) is 0 Å². The van der Waals surface area contributed by atoms with Gasteiger partial charge in [0.15, 0.2) is 0 Å². The molecular formula is C45H46N6O6. The molecule has 12 heteroatoms. The molecular weight excluding hydrogens is 721 g/mol. The normalized spacial score (nSPS) is 24.4. The van der Waals surface area contributed by atoms with Crippen LogP contribution in [0.15, 0.2) is 84.9 Å². The Morgan fingerprint density at radius 3 is 2.49 bits per heavy atom. The van der Waals surface area contributed by atoms with Crippen LogP contribution in [-0.4, -0.2) is 107 Å². The summed E-state index contributed by atoms with van der Waals surface area (Å²) >= 11 is 0. The van der Waals surface area contributed by atoms with Gasteiger partial charge in [-0.05, 0) is 83.8 Å². The number of phenols is 1. The van der Waals surface area contributed by atoms with Crippen molar-refractivity contribution in [1.29, 1.82) is 0 Å². The fourth-order valence-electron chi connectivity index (χ4n) is 10.1. The standard InChI is InChI=1S/C45H46N6O6/c52-33-11-13-35-29(20-33)8-12-34(27-4-2-1-3-5-27)42(35)28-6-9-30(10-7-28)46-31-21-49(22-31)41(54)25-48-18-19-50-32(23-48)26-57-43-37-24-51(39-16-17-40(53)47-44(39)55)45(56)36(37)14-15-38(43)50/h1-7,9-11,13-15,20,31-32,34,39,42,46,52H,8,12,16-19,21-26H2,(H,47,53,55)/t32-,34-,39?,42+/m1/s1. The second-order valence-electron chi connectivity index (χ2n) is 16.4. The molecule has 6 aliphatic rings. The Hall–Kier alpha value is -5.88. The number of hydrogen-bond donors (Lipinski definition) is 3. The molecule has 292 valence electrons. The van der Waals surface area contributed by atoms with Gasteiger partial charge in [-0.1, -0.05) is 48.5 Å². The molecule has 3 saturated heterocycles. The van der Waals surface area contributed by atoms with E-state index in [0.29, 0.717) is 62.2 Å². The first-order valence-corrected chi connectivity index (χ1v) is 20.2. The maximum absolute atomic E-state index is 13.4. The molecule has 5 heterocycles. The van der Waals surface area contributed by atoms with Gasteiger partial charge in [0.2, 0.25) is 17.7 Å². The summed E-state index contributed by atoms with van der Waals surface area (Å²) in [6, 6.07) is 28.7. The Labute approximate surface area is 331 Å². The van der Waals surface area contributed by atoms with Crippen molar-refractivity contribution >= 4 is 35.0 Å². The number of carbonyl (C=O) groups excluding carboxylic acids is 4. The SMILES string of the molecule is O=C1CCC(N2Cc3c(ccc4c3OC[C@H]3CN(CC(=O)N5CC(Nc6ccc([C@@H]7c8ccc(O)cc8CC[C@@H]7c7ccccc7)cc6)C5)CCN43)C2=O)C(=O)N1.